The molecule has 1 aromatic heterocycles. The van der Waals surface area contributed by atoms with Crippen LogP contribution in [0.5, 0.6) is 0 Å². The highest BCUT2D eigenvalue weighted by Gasteiger charge is 2.04. The van der Waals surface area contributed by atoms with Crippen molar-refractivity contribution in [2.45, 2.75) is 38.2 Å². The predicted molar refractivity (Wildman–Crippen MR) is 57.1 cm³/mol. The fraction of sp³-hybridized carbons (Fsp3) is 0.500. The lowest BCUT2D eigenvalue weighted by Gasteiger charge is -2.07. The lowest BCUT2D eigenvalue weighted by molar-refractivity contribution is 0.150. The lowest BCUT2D eigenvalue weighted by Crippen LogP contribution is -2.07. The first-order valence-electron chi connectivity index (χ1n) is 5.14. The van der Waals surface area contributed by atoms with Crippen molar-refractivity contribution < 1.29 is 9.52 Å². The zero-order valence-electron chi connectivity index (χ0n) is 8.48. The van der Waals surface area contributed by atoms with E-state index in [1.165, 1.54) is 0 Å². The Kier molecular flexibility index (Phi) is 5.08. The standard InChI is InChI=1S/C12H18O2/c1-2-3-4-6-11(13)8-9-12-7-5-10-14-12/h2,5,7,10-11,13H,1,3-4,6,8-9H2. The van der Waals surface area contributed by atoms with Crippen LogP contribution >= 0.6 is 0 Å². The molecule has 0 bridgehead atoms. The van der Waals surface area contributed by atoms with Gasteiger partial charge in [-0.05, 0) is 37.8 Å². The van der Waals surface area contributed by atoms with Gasteiger partial charge in [0.05, 0.1) is 12.4 Å². The van der Waals surface area contributed by atoms with Crippen molar-refractivity contribution in [1.82, 2.24) is 0 Å². The molecule has 0 saturated heterocycles. The molecule has 0 aliphatic rings. The Morgan fingerprint density at radius 2 is 2.36 bits per heavy atom. The molecule has 0 aliphatic heterocycles. The maximum Gasteiger partial charge on any atom is 0.103 e. The molecule has 1 rings (SSSR count). The number of aliphatic hydroxyl groups excluding tert-OH is 1. The van der Waals surface area contributed by atoms with Gasteiger partial charge < -0.3 is 9.52 Å². The smallest absolute Gasteiger partial charge is 0.103 e. The van der Waals surface area contributed by atoms with Gasteiger partial charge in [-0.15, -0.1) is 6.58 Å². The lowest BCUT2D eigenvalue weighted by atomic mass is 10.1. The molecule has 0 radical (unpaired) electrons. The second kappa shape index (κ2) is 6.44. The van der Waals surface area contributed by atoms with Crippen molar-refractivity contribution in [2.24, 2.45) is 0 Å². The van der Waals surface area contributed by atoms with Crippen LogP contribution in [-0.4, -0.2) is 11.2 Å². The fourth-order valence-corrected chi connectivity index (χ4v) is 1.41. The molecule has 0 saturated carbocycles. The number of unbranched alkanes of at least 4 members (excludes halogenated alkanes) is 1. The first kappa shape index (κ1) is 11.1. The first-order valence-corrected chi connectivity index (χ1v) is 5.14. The normalized spacial score (nSPS) is 12.6. The average molecular weight is 194 g/mol. The summed E-state index contributed by atoms with van der Waals surface area (Å²) < 4.78 is 5.18. The van der Waals surface area contributed by atoms with E-state index < -0.39 is 0 Å². The summed E-state index contributed by atoms with van der Waals surface area (Å²) in [4.78, 5) is 0. The summed E-state index contributed by atoms with van der Waals surface area (Å²) in [6, 6.07) is 3.82. The van der Waals surface area contributed by atoms with Crippen molar-refractivity contribution in [3.8, 4) is 0 Å². The largest absolute Gasteiger partial charge is 0.469 e. The van der Waals surface area contributed by atoms with Crippen LogP contribution in [0, 0.1) is 0 Å². The van der Waals surface area contributed by atoms with Gasteiger partial charge in [-0.2, -0.15) is 0 Å². The molecule has 14 heavy (non-hydrogen) atoms. The van der Waals surface area contributed by atoms with E-state index in [0.717, 1.165) is 37.9 Å². The van der Waals surface area contributed by atoms with Crippen LogP contribution in [0.2, 0.25) is 0 Å². The summed E-state index contributed by atoms with van der Waals surface area (Å²) in [5.41, 5.74) is 0. The third-order valence-corrected chi connectivity index (χ3v) is 2.25. The third kappa shape index (κ3) is 4.28. The summed E-state index contributed by atoms with van der Waals surface area (Å²) in [7, 11) is 0. The van der Waals surface area contributed by atoms with Gasteiger partial charge in [0.2, 0.25) is 0 Å². The highest BCUT2D eigenvalue weighted by Crippen LogP contribution is 2.10. The van der Waals surface area contributed by atoms with E-state index >= 15 is 0 Å². The molecule has 2 nitrogen and oxygen atoms in total. The maximum atomic E-state index is 9.60. The Morgan fingerprint density at radius 3 is 3.00 bits per heavy atom. The van der Waals surface area contributed by atoms with E-state index in [2.05, 4.69) is 6.58 Å². The Balaban J connectivity index is 2.08. The summed E-state index contributed by atoms with van der Waals surface area (Å²) in [6.07, 6.45) is 7.80. The van der Waals surface area contributed by atoms with Crippen LogP contribution in [0.25, 0.3) is 0 Å². The van der Waals surface area contributed by atoms with Crippen LogP contribution in [-0.2, 0) is 6.42 Å². The molecule has 1 atom stereocenters. The Labute approximate surface area is 85.2 Å². The van der Waals surface area contributed by atoms with Crippen LogP contribution in [0.3, 0.4) is 0 Å². The molecule has 2 heteroatoms. The molecule has 0 aliphatic carbocycles. The zero-order valence-corrected chi connectivity index (χ0v) is 8.48. The molecule has 0 spiro atoms. The summed E-state index contributed by atoms with van der Waals surface area (Å²) in [5, 5.41) is 9.60. The topological polar surface area (TPSA) is 33.4 Å². The number of hydrogen-bond acceptors (Lipinski definition) is 2. The molecule has 78 valence electrons. The van der Waals surface area contributed by atoms with Gasteiger partial charge in [0.25, 0.3) is 0 Å². The average Bonchev–Trinajstić information content (AvgIpc) is 2.68. The second-order valence-corrected chi connectivity index (χ2v) is 3.49. The molecule has 1 heterocycles. The number of hydrogen-bond donors (Lipinski definition) is 1. The van der Waals surface area contributed by atoms with E-state index in [9.17, 15) is 5.11 Å². The third-order valence-electron chi connectivity index (χ3n) is 2.25. The highest BCUT2D eigenvalue weighted by molar-refractivity contribution is 4.98. The van der Waals surface area contributed by atoms with E-state index in [0.29, 0.717) is 0 Å². The minimum absolute atomic E-state index is 0.208. The second-order valence-electron chi connectivity index (χ2n) is 3.49. The minimum atomic E-state index is -0.208. The van der Waals surface area contributed by atoms with Crippen molar-refractivity contribution >= 4 is 0 Å². The van der Waals surface area contributed by atoms with Crippen LogP contribution in [0.15, 0.2) is 35.5 Å². The number of furan rings is 1. The van der Waals surface area contributed by atoms with Crippen molar-refractivity contribution in [2.75, 3.05) is 0 Å². The van der Waals surface area contributed by atoms with Gasteiger partial charge in [-0.25, -0.2) is 0 Å². The van der Waals surface area contributed by atoms with Crippen molar-refractivity contribution in [3.63, 3.8) is 0 Å². The van der Waals surface area contributed by atoms with Gasteiger partial charge >= 0.3 is 0 Å². The molecule has 0 amide bonds. The monoisotopic (exact) mass is 194 g/mol. The highest BCUT2D eigenvalue weighted by atomic mass is 16.3. The SMILES string of the molecule is C=CCCCC(O)CCc1ccco1. The van der Waals surface area contributed by atoms with Crippen molar-refractivity contribution in [3.05, 3.63) is 36.8 Å². The molecule has 1 N–H and O–H groups in total. The van der Waals surface area contributed by atoms with Crippen LogP contribution in [0.1, 0.15) is 31.4 Å². The summed E-state index contributed by atoms with van der Waals surface area (Å²) >= 11 is 0. The quantitative estimate of drug-likeness (QED) is 0.535. The molecular weight excluding hydrogens is 176 g/mol. The number of allylic oxidation sites excluding steroid dienone is 1. The van der Waals surface area contributed by atoms with Crippen LogP contribution in [0.4, 0.5) is 0 Å². The van der Waals surface area contributed by atoms with Gasteiger partial charge in [-0.3, -0.25) is 0 Å². The molecule has 0 aromatic carbocycles. The first-order chi connectivity index (χ1) is 6.83. The van der Waals surface area contributed by atoms with Gasteiger partial charge in [0, 0.05) is 6.42 Å². The maximum absolute atomic E-state index is 9.60. The molecule has 0 fully saturated rings. The zero-order chi connectivity index (χ0) is 10.2. The molecule has 1 unspecified atom stereocenters. The predicted octanol–water partition coefficient (Wildman–Crippen LogP) is 2.93. The van der Waals surface area contributed by atoms with E-state index in [4.69, 9.17) is 4.42 Å². The van der Waals surface area contributed by atoms with Gasteiger partial charge in [0.1, 0.15) is 5.76 Å². The summed E-state index contributed by atoms with van der Waals surface area (Å²) in [6.45, 7) is 3.65. The van der Waals surface area contributed by atoms with E-state index in [1.54, 1.807) is 6.26 Å². The van der Waals surface area contributed by atoms with E-state index in [-0.39, 0.29) is 6.10 Å². The van der Waals surface area contributed by atoms with Crippen molar-refractivity contribution in [1.29, 1.82) is 0 Å². The minimum Gasteiger partial charge on any atom is -0.469 e. The Hall–Kier alpha value is -1.02. The number of rotatable bonds is 7. The number of aliphatic hydroxyl groups is 1. The fourth-order valence-electron chi connectivity index (χ4n) is 1.41. The molecular formula is C12H18O2. The van der Waals surface area contributed by atoms with Crippen LogP contribution < -0.4 is 0 Å². The van der Waals surface area contributed by atoms with E-state index in [1.807, 2.05) is 18.2 Å². The Bertz CT molecular complexity index is 239. The van der Waals surface area contributed by atoms with Gasteiger partial charge in [0.15, 0.2) is 0 Å². The molecule has 1 aromatic rings. The Morgan fingerprint density at radius 1 is 1.50 bits per heavy atom. The number of aryl methyl sites for hydroxylation is 1. The summed E-state index contributed by atoms with van der Waals surface area (Å²) in [5.74, 6) is 0.952. The van der Waals surface area contributed by atoms with Gasteiger partial charge in [-0.1, -0.05) is 6.08 Å².